The Morgan fingerprint density at radius 2 is 2.11 bits per heavy atom. The van der Waals surface area contributed by atoms with Crippen LogP contribution < -0.4 is 10.6 Å². The zero-order valence-corrected chi connectivity index (χ0v) is 10.8. The van der Waals surface area contributed by atoms with E-state index >= 15 is 0 Å². The first-order valence-corrected chi connectivity index (χ1v) is 5.98. The van der Waals surface area contributed by atoms with Gasteiger partial charge < -0.3 is 10.6 Å². The van der Waals surface area contributed by atoms with E-state index in [-0.39, 0.29) is 18.4 Å². The van der Waals surface area contributed by atoms with Gasteiger partial charge in [0.25, 0.3) is 0 Å². The van der Waals surface area contributed by atoms with Crippen LogP contribution in [0.1, 0.15) is 12.5 Å². The minimum Gasteiger partial charge on any atom is -0.355 e. The molecule has 0 aliphatic heterocycles. The highest BCUT2D eigenvalue weighted by Crippen LogP contribution is 2.11. The van der Waals surface area contributed by atoms with Crippen LogP contribution in [0, 0.1) is 0 Å². The molecule has 1 aromatic rings. The van der Waals surface area contributed by atoms with Crippen LogP contribution in [0.2, 0.25) is 5.02 Å². The fourth-order valence-electron chi connectivity index (χ4n) is 1.27. The van der Waals surface area contributed by atoms with Crippen molar-refractivity contribution in [1.29, 1.82) is 0 Å². The minimum atomic E-state index is -0.318. The number of hydrogen-bond acceptors (Lipinski definition) is 2. The molecule has 0 saturated heterocycles. The molecular formula is C13H15ClN2O2. The van der Waals surface area contributed by atoms with Gasteiger partial charge in [0.1, 0.15) is 0 Å². The van der Waals surface area contributed by atoms with Crippen LogP contribution in [0.25, 0.3) is 6.08 Å². The largest absolute Gasteiger partial charge is 0.355 e. The molecule has 0 bridgehead atoms. The summed E-state index contributed by atoms with van der Waals surface area (Å²) in [7, 11) is 0. The lowest BCUT2D eigenvalue weighted by Gasteiger charge is -2.02. The van der Waals surface area contributed by atoms with Crippen LogP contribution in [-0.4, -0.2) is 24.9 Å². The maximum Gasteiger partial charge on any atom is 0.244 e. The molecule has 0 spiro atoms. The molecule has 4 nitrogen and oxygen atoms in total. The molecule has 2 amide bonds. The summed E-state index contributed by atoms with van der Waals surface area (Å²) in [5, 5.41) is 5.68. The van der Waals surface area contributed by atoms with E-state index in [1.54, 1.807) is 24.3 Å². The Kier molecular flexibility index (Phi) is 5.94. The third-order valence-corrected chi connectivity index (χ3v) is 2.31. The Balaban J connectivity index is 2.42. The van der Waals surface area contributed by atoms with Crippen molar-refractivity contribution in [2.24, 2.45) is 0 Å². The van der Waals surface area contributed by atoms with E-state index < -0.39 is 0 Å². The summed E-state index contributed by atoms with van der Waals surface area (Å²) in [6.07, 6.45) is 3.00. The number of carbonyl (C=O) groups is 2. The summed E-state index contributed by atoms with van der Waals surface area (Å²) in [5.41, 5.74) is 0.829. The number of nitrogens with one attached hydrogen (secondary N) is 2. The van der Waals surface area contributed by atoms with Crippen LogP contribution >= 0.6 is 11.6 Å². The van der Waals surface area contributed by atoms with Gasteiger partial charge in [-0.25, -0.2) is 0 Å². The molecule has 0 aromatic heterocycles. The molecule has 0 saturated carbocycles. The van der Waals surface area contributed by atoms with Gasteiger partial charge in [-0.3, -0.25) is 9.59 Å². The summed E-state index contributed by atoms with van der Waals surface area (Å²) in [4.78, 5) is 22.5. The van der Waals surface area contributed by atoms with Gasteiger partial charge in [0.15, 0.2) is 0 Å². The number of hydrogen-bond donors (Lipinski definition) is 2. The number of amides is 2. The third kappa shape index (κ3) is 5.50. The highest BCUT2D eigenvalue weighted by Gasteiger charge is 2.00. The number of benzene rings is 1. The van der Waals surface area contributed by atoms with E-state index in [0.717, 1.165) is 5.56 Å². The minimum absolute atomic E-state index is 0.0213. The fraction of sp³-hybridized carbons (Fsp3) is 0.231. The summed E-state index contributed by atoms with van der Waals surface area (Å²) in [5.74, 6) is -0.525. The molecule has 18 heavy (non-hydrogen) atoms. The summed E-state index contributed by atoms with van der Waals surface area (Å²) in [6, 6.07) is 7.14. The molecule has 0 unspecified atom stereocenters. The number of carbonyl (C=O) groups excluding carboxylic acids is 2. The van der Waals surface area contributed by atoms with Crippen molar-refractivity contribution in [3.05, 3.63) is 40.9 Å². The monoisotopic (exact) mass is 266 g/mol. The lowest BCUT2D eigenvalue weighted by Crippen LogP contribution is -2.35. The Hall–Kier alpha value is -1.81. The van der Waals surface area contributed by atoms with Crippen molar-refractivity contribution in [2.75, 3.05) is 13.1 Å². The lowest BCUT2D eigenvalue weighted by atomic mass is 10.2. The van der Waals surface area contributed by atoms with Gasteiger partial charge in [0.2, 0.25) is 11.8 Å². The van der Waals surface area contributed by atoms with Crippen molar-refractivity contribution < 1.29 is 9.59 Å². The molecule has 1 aromatic carbocycles. The van der Waals surface area contributed by atoms with Gasteiger partial charge in [-0.2, -0.15) is 0 Å². The smallest absolute Gasteiger partial charge is 0.244 e. The van der Waals surface area contributed by atoms with Gasteiger partial charge in [-0.05, 0) is 30.7 Å². The van der Waals surface area contributed by atoms with Gasteiger partial charge >= 0.3 is 0 Å². The van der Waals surface area contributed by atoms with Gasteiger partial charge in [0, 0.05) is 17.6 Å². The zero-order valence-electron chi connectivity index (χ0n) is 10.1. The summed E-state index contributed by atoms with van der Waals surface area (Å²) < 4.78 is 0. The first-order valence-electron chi connectivity index (χ1n) is 5.60. The average molecular weight is 267 g/mol. The van der Waals surface area contributed by atoms with E-state index in [2.05, 4.69) is 10.6 Å². The second-order valence-electron chi connectivity index (χ2n) is 3.56. The Labute approximate surface area is 111 Å². The number of rotatable bonds is 5. The maximum absolute atomic E-state index is 11.4. The third-order valence-electron chi connectivity index (χ3n) is 2.07. The van der Waals surface area contributed by atoms with Crippen LogP contribution in [0.4, 0.5) is 0 Å². The maximum atomic E-state index is 11.4. The van der Waals surface area contributed by atoms with Crippen molar-refractivity contribution >= 4 is 29.5 Å². The van der Waals surface area contributed by atoms with Gasteiger partial charge in [0.05, 0.1) is 6.54 Å². The SMILES string of the molecule is CCNC(=O)CNC(=O)/C=C/c1cccc(Cl)c1. The first kappa shape index (κ1) is 14.3. The van der Waals surface area contributed by atoms with Crippen LogP contribution in [0.3, 0.4) is 0 Å². The standard InChI is InChI=1S/C13H15ClN2O2/c1-2-15-13(18)9-16-12(17)7-6-10-4-3-5-11(14)8-10/h3-8H,2,9H2,1H3,(H,15,18)(H,16,17)/b7-6+. The van der Waals surface area contributed by atoms with Crippen molar-refractivity contribution in [2.45, 2.75) is 6.92 Å². The molecule has 5 heteroatoms. The molecule has 96 valence electrons. The predicted octanol–water partition coefficient (Wildman–Crippen LogP) is 1.61. The van der Waals surface area contributed by atoms with Crippen LogP contribution in [0.5, 0.6) is 0 Å². The topological polar surface area (TPSA) is 58.2 Å². The predicted molar refractivity (Wildman–Crippen MR) is 72.2 cm³/mol. The number of likely N-dealkylation sites (N-methyl/N-ethyl adjacent to an activating group) is 1. The Morgan fingerprint density at radius 3 is 2.78 bits per heavy atom. The molecule has 2 N–H and O–H groups in total. The van der Waals surface area contributed by atoms with Crippen LogP contribution in [0.15, 0.2) is 30.3 Å². The molecule has 0 fully saturated rings. The van der Waals surface area contributed by atoms with Crippen molar-refractivity contribution in [3.8, 4) is 0 Å². The Bertz CT molecular complexity index is 458. The summed E-state index contributed by atoms with van der Waals surface area (Å²) >= 11 is 5.81. The van der Waals surface area contributed by atoms with E-state index in [1.807, 2.05) is 13.0 Å². The molecule has 0 heterocycles. The Morgan fingerprint density at radius 1 is 1.33 bits per heavy atom. The molecule has 0 atom stereocenters. The van der Waals surface area contributed by atoms with Gasteiger partial charge in [-0.15, -0.1) is 0 Å². The highest BCUT2D eigenvalue weighted by atomic mass is 35.5. The molecular weight excluding hydrogens is 252 g/mol. The zero-order chi connectivity index (χ0) is 13.4. The lowest BCUT2D eigenvalue weighted by molar-refractivity contribution is -0.123. The molecule has 0 aliphatic carbocycles. The van der Waals surface area contributed by atoms with Crippen LogP contribution in [-0.2, 0) is 9.59 Å². The van der Waals surface area contributed by atoms with Gasteiger partial charge in [-0.1, -0.05) is 23.7 Å². The average Bonchev–Trinajstić information content (AvgIpc) is 2.34. The van der Waals surface area contributed by atoms with E-state index in [9.17, 15) is 9.59 Å². The molecule has 1 rings (SSSR count). The quantitative estimate of drug-likeness (QED) is 0.796. The van der Waals surface area contributed by atoms with E-state index in [1.165, 1.54) is 6.08 Å². The molecule has 0 aliphatic rings. The van der Waals surface area contributed by atoms with E-state index in [0.29, 0.717) is 11.6 Å². The second kappa shape index (κ2) is 7.50. The fourth-order valence-corrected chi connectivity index (χ4v) is 1.47. The van der Waals surface area contributed by atoms with Crippen molar-refractivity contribution in [3.63, 3.8) is 0 Å². The second-order valence-corrected chi connectivity index (χ2v) is 4.00. The number of halogens is 1. The first-order chi connectivity index (χ1) is 8.61. The molecule has 0 radical (unpaired) electrons. The van der Waals surface area contributed by atoms with E-state index in [4.69, 9.17) is 11.6 Å². The normalized spacial score (nSPS) is 10.3. The highest BCUT2D eigenvalue weighted by molar-refractivity contribution is 6.30. The van der Waals surface area contributed by atoms with Crippen molar-refractivity contribution in [1.82, 2.24) is 10.6 Å². The summed E-state index contributed by atoms with van der Waals surface area (Å²) in [6.45, 7) is 2.35.